The maximum atomic E-state index is 11.3. The van der Waals surface area contributed by atoms with Crippen LogP contribution in [-0.4, -0.2) is 24.2 Å². The molecular formula is C13H15Br2NO2. The van der Waals surface area contributed by atoms with E-state index in [2.05, 4.69) is 50.6 Å². The molecule has 0 atom stereocenters. The molecule has 1 aliphatic heterocycles. The number of anilines is 1. The Kier molecular flexibility index (Phi) is 4.02. The van der Waals surface area contributed by atoms with Crippen LogP contribution < -0.4 is 4.90 Å². The van der Waals surface area contributed by atoms with E-state index in [1.54, 1.807) is 6.07 Å². The van der Waals surface area contributed by atoms with Crippen LogP contribution in [0.15, 0.2) is 21.1 Å². The maximum absolute atomic E-state index is 11.3. The monoisotopic (exact) mass is 375 g/mol. The molecule has 0 amide bonds. The summed E-state index contributed by atoms with van der Waals surface area (Å²) in [5, 5.41) is 9.29. The minimum Gasteiger partial charge on any atom is -0.478 e. The molecule has 1 heterocycles. The molecule has 2 rings (SSSR count). The summed E-state index contributed by atoms with van der Waals surface area (Å²) in [6, 6.07) is 3.55. The van der Waals surface area contributed by atoms with Gasteiger partial charge in [-0.25, -0.2) is 4.79 Å². The van der Waals surface area contributed by atoms with Gasteiger partial charge in [0, 0.05) is 22.0 Å². The number of nitrogens with zero attached hydrogens (tertiary/aromatic N) is 1. The smallest absolute Gasteiger partial charge is 0.337 e. The number of aromatic carboxylic acids is 1. The first kappa shape index (κ1) is 13.9. The van der Waals surface area contributed by atoms with E-state index in [0.29, 0.717) is 17.4 Å². The summed E-state index contributed by atoms with van der Waals surface area (Å²) in [6.45, 7) is 6.27. The van der Waals surface area contributed by atoms with E-state index in [9.17, 15) is 9.90 Å². The van der Waals surface area contributed by atoms with Crippen LogP contribution in [0.5, 0.6) is 0 Å². The molecule has 0 radical (unpaired) electrons. The Labute approximate surface area is 123 Å². The average Bonchev–Trinajstić information content (AvgIpc) is 2.17. The number of carboxylic acids is 1. The summed E-state index contributed by atoms with van der Waals surface area (Å²) in [5.41, 5.74) is 1.14. The molecule has 1 N–H and O–H groups in total. The van der Waals surface area contributed by atoms with Gasteiger partial charge in [-0.2, -0.15) is 0 Å². The Hall–Kier alpha value is -0.550. The number of hydrogen-bond acceptors (Lipinski definition) is 2. The van der Waals surface area contributed by atoms with Gasteiger partial charge in [0.1, 0.15) is 0 Å². The fraction of sp³-hybridized carbons (Fsp3) is 0.462. The molecule has 0 aromatic heterocycles. The summed E-state index contributed by atoms with van der Waals surface area (Å²) in [5.74, 6) is 0.408. The topological polar surface area (TPSA) is 40.5 Å². The molecule has 0 spiro atoms. The zero-order valence-corrected chi connectivity index (χ0v) is 13.5. The second-order valence-electron chi connectivity index (χ2n) is 5.00. The highest BCUT2D eigenvalue weighted by atomic mass is 79.9. The number of benzene rings is 1. The lowest BCUT2D eigenvalue weighted by Crippen LogP contribution is -2.49. The highest BCUT2D eigenvalue weighted by molar-refractivity contribution is 9.11. The van der Waals surface area contributed by atoms with Crippen LogP contribution in [0, 0.1) is 11.8 Å². The molecule has 18 heavy (non-hydrogen) atoms. The predicted octanol–water partition coefficient (Wildman–Crippen LogP) is 4.00. The van der Waals surface area contributed by atoms with Crippen molar-refractivity contribution in [3.05, 3.63) is 26.6 Å². The van der Waals surface area contributed by atoms with Crippen molar-refractivity contribution in [1.29, 1.82) is 0 Å². The van der Waals surface area contributed by atoms with Gasteiger partial charge in [-0.05, 0) is 39.9 Å². The fourth-order valence-electron chi connectivity index (χ4n) is 2.17. The second-order valence-corrected chi connectivity index (χ2v) is 6.77. The highest BCUT2D eigenvalue weighted by Gasteiger charge is 2.32. The zero-order valence-electron chi connectivity index (χ0n) is 10.3. The lowest BCUT2D eigenvalue weighted by atomic mass is 9.87. The van der Waals surface area contributed by atoms with Crippen molar-refractivity contribution in [3.8, 4) is 0 Å². The normalized spacial score (nSPS) is 15.9. The first-order valence-electron chi connectivity index (χ1n) is 5.87. The molecule has 0 aliphatic carbocycles. The molecule has 1 aromatic rings. The van der Waals surface area contributed by atoms with E-state index in [1.807, 2.05) is 6.07 Å². The van der Waals surface area contributed by atoms with E-state index >= 15 is 0 Å². The molecule has 0 saturated carbocycles. The Morgan fingerprint density at radius 2 is 2.00 bits per heavy atom. The molecule has 0 unspecified atom stereocenters. The largest absolute Gasteiger partial charge is 0.478 e. The highest BCUT2D eigenvalue weighted by Crippen LogP contribution is 2.38. The van der Waals surface area contributed by atoms with Gasteiger partial charge in [-0.15, -0.1) is 0 Å². The summed E-state index contributed by atoms with van der Waals surface area (Å²) in [7, 11) is 0. The predicted molar refractivity (Wildman–Crippen MR) is 79.3 cm³/mol. The molecule has 1 aromatic carbocycles. The Morgan fingerprint density at radius 1 is 1.39 bits per heavy atom. The van der Waals surface area contributed by atoms with E-state index in [1.165, 1.54) is 0 Å². The molecule has 1 aliphatic rings. The first-order valence-corrected chi connectivity index (χ1v) is 7.46. The lowest BCUT2D eigenvalue weighted by Gasteiger charge is -2.44. The number of rotatable bonds is 3. The molecule has 3 nitrogen and oxygen atoms in total. The summed E-state index contributed by atoms with van der Waals surface area (Å²) < 4.78 is 1.60. The van der Waals surface area contributed by atoms with Crippen molar-refractivity contribution in [1.82, 2.24) is 0 Å². The standard InChI is InChI=1S/C13H15Br2NO2/c1-7(2)8-5-16(6-8)12-10(13(17)18)3-9(14)4-11(12)15/h3-4,7-8H,5-6H2,1-2H3,(H,17,18). The van der Waals surface area contributed by atoms with Gasteiger partial charge in [-0.1, -0.05) is 29.8 Å². The third kappa shape index (κ3) is 2.57. The van der Waals surface area contributed by atoms with Crippen LogP contribution in [0.25, 0.3) is 0 Å². The Balaban J connectivity index is 2.31. The SMILES string of the molecule is CC(C)C1CN(c2c(Br)cc(Br)cc2C(=O)O)C1. The van der Waals surface area contributed by atoms with Crippen molar-refractivity contribution >= 4 is 43.5 Å². The van der Waals surface area contributed by atoms with E-state index in [-0.39, 0.29) is 0 Å². The average molecular weight is 377 g/mol. The lowest BCUT2D eigenvalue weighted by molar-refractivity contribution is 0.0697. The molecule has 5 heteroatoms. The van der Waals surface area contributed by atoms with Crippen molar-refractivity contribution in [2.24, 2.45) is 11.8 Å². The molecular weight excluding hydrogens is 362 g/mol. The van der Waals surface area contributed by atoms with Crippen LogP contribution in [0.3, 0.4) is 0 Å². The summed E-state index contributed by atoms with van der Waals surface area (Å²) >= 11 is 6.79. The summed E-state index contributed by atoms with van der Waals surface area (Å²) in [4.78, 5) is 13.4. The van der Waals surface area contributed by atoms with Gasteiger partial charge in [0.2, 0.25) is 0 Å². The van der Waals surface area contributed by atoms with Gasteiger partial charge in [-0.3, -0.25) is 0 Å². The number of carbonyl (C=O) groups is 1. The van der Waals surface area contributed by atoms with Gasteiger partial charge < -0.3 is 10.0 Å². The van der Waals surface area contributed by atoms with E-state index in [4.69, 9.17) is 0 Å². The van der Waals surface area contributed by atoms with Gasteiger partial charge in [0.05, 0.1) is 11.3 Å². The van der Waals surface area contributed by atoms with Crippen molar-refractivity contribution in [2.75, 3.05) is 18.0 Å². The van der Waals surface area contributed by atoms with Gasteiger partial charge >= 0.3 is 5.97 Å². The number of hydrogen-bond donors (Lipinski definition) is 1. The van der Waals surface area contributed by atoms with Crippen LogP contribution in [-0.2, 0) is 0 Å². The Morgan fingerprint density at radius 3 is 2.50 bits per heavy atom. The van der Waals surface area contributed by atoms with E-state index in [0.717, 1.165) is 27.7 Å². The minimum atomic E-state index is -0.889. The Bertz CT molecular complexity index is 482. The fourth-order valence-corrected chi connectivity index (χ4v) is 3.64. The minimum absolute atomic E-state index is 0.346. The summed E-state index contributed by atoms with van der Waals surface area (Å²) in [6.07, 6.45) is 0. The van der Waals surface area contributed by atoms with Crippen molar-refractivity contribution < 1.29 is 9.90 Å². The van der Waals surface area contributed by atoms with E-state index < -0.39 is 5.97 Å². The van der Waals surface area contributed by atoms with Crippen LogP contribution >= 0.6 is 31.9 Å². The zero-order chi connectivity index (χ0) is 13.4. The number of halogens is 2. The first-order chi connectivity index (χ1) is 8.40. The quantitative estimate of drug-likeness (QED) is 0.866. The maximum Gasteiger partial charge on any atom is 0.337 e. The van der Waals surface area contributed by atoms with Gasteiger partial charge in [0.15, 0.2) is 0 Å². The van der Waals surface area contributed by atoms with Crippen molar-refractivity contribution in [3.63, 3.8) is 0 Å². The molecule has 1 fully saturated rings. The third-order valence-corrected chi connectivity index (χ3v) is 4.49. The molecule has 98 valence electrons. The van der Waals surface area contributed by atoms with Crippen LogP contribution in [0.4, 0.5) is 5.69 Å². The molecule has 1 saturated heterocycles. The van der Waals surface area contributed by atoms with Crippen molar-refractivity contribution in [2.45, 2.75) is 13.8 Å². The third-order valence-electron chi connectivity index (χ3n) is 3.43. The van der Waals surface area contributed by atoms with Crippen LogP contribution in [0.1, 0.15) is 24.2 Å². The van der Waals surface area contributed by atoms with Gasteiger partial charge in [0.25, 0.3) is 0 Å². The second kappa shape index (κ2) is 5.21. The molecule has 0 bridgehead atoms. The van der Waals surface area contributed by atoms with Crippen LogP contribution in [0.2, 0.25) is 0 Å². The number of carboxylic acid groups (broad SMARTS) is 1.